The summed E-state index contributed by atoms with van der Waals surface area (Å²) in [5.74, 6) is 0.797. The monoisotopic (exact) mass is 251 g/mol. The minimum Gasteiger partial charge on any atom is -0.467 e. The van der Waals surface area contributed by atoms with Crippen LogP contribution in [0.15, 0.2) is 40.3 Å². The summed E-state index contributed by atoms with van der Waals surface area (Å²) in [7, 11) is 0. The van der Waals surface area contributed by atoms with Crippen molar-refractivity contribution >= 4 is 11.3 Å². The van der Waals surface area contributed by atoms with Crippen LogP contribution in [-0.2, 0) is 11.2 Å². The highest BCUT2D eigenvalue weighted by Crippen LogP contribution is 2.21. The topological polar surface area (TPSA) is 48.4 Å². The summed E-state index contributed by atoms with van der Waals surface area (Å²) < 4.78 is 11.2. The summed E-state index contributed by atoms with van der Waals surface area (Å²) in [5, 5.41) is 2.07. The van der Waals surface area contributed by atoms with Crippen molar-refractivity contribution < 1.29 is 9.15 Å². The largest absolute Gasteiger partial charge is 0.467 e. The van der Waals surface area contributed by atoms with Crippen LogP contribution in [0.5, 0.6) is 0 Å². The van der Waals surface area contributed by atoms with Gasteiger partial charge in [-0.1, -0.05) is 6.07 Å². The number of hydrogen-bond acceptors (Lipinski definition) is 4. The first-order valence-electron chi connectivity index (χ1n) is 5.70. The highest BCUT2D eigenvalue weighted by Gasteiger charge is 2.19. The molecule has 92 valence electrons. The maximum absolute atomic E-state index is 5.90. The molecule has 2 heterocycles. The van der Waals surface area contributed by atoms with E-state index in [-0.39, 0.29) is 12.1 Å². The van der Waals surface area contributed by atoms with Crippen LogP contribution < -0.4 is 5.73 Å². The van der Waals surface area contributed by atoms with E-state index in [2.05, 4.69) is 17.5 Å². The molecule has 3 nitrogen and oxygen atoms in total. The Bertz CT molecular complexity index is 409. The zero-order valence-corrected chi connectivity index (χ0v) is 10.7. The number of rotatable bonds is 6. The van der Waals surface area contributed by atoms with Gasteiger partial charge >= 0.3 is 0 Å². The summed E-state index contributed by atoms with van der Waals surface area (Å²) in [6, 6.07) is 7.84. The Kier molecular flexibility index (Phi) is 4.36. The molecule has 2 N–H and O–H groups in total. The van der Waals surface area contributed by atoms with Crippen LogP contribution in [0.25, 0.3) is 0 Å². The molecule has 2 aromatic heterocycles. The Morgan fingerprint density at radius 3 is 2.88 bits per heavy atom. The van der Waals surface area contributed by atoms with Gasteiger partial charge < -0.3 is 14.9 Å². The van der Waals surface area contributed by atoms with Gasteiger partial charge in [0.2, 0.25) is 0 Å². The van der Waals surface area contributed by atoms with Crippen LogP contribution in [-0.4, -0.2) is 12.6 Å². The zero-order chi connectivity index (χ0) is 12.1. The van der Waals surface area contributed by atoms with Crippen molar-refractivity contribution in [3.63, 3.8) is 0 Å². The van der Waals surface area contributed by atoms with E-state index in [1.807, 2.05) is 19.1 Å². The molecule has 0 aliphatic rings. The smallest absolute Gasteiger partial charge is 0.134 e. The molecule has 0 amide bonds. The molecule has 2 aromatic rings. The summed E-state index contributed by atoms with van der Waals surface area (Å²) in [6.07, 6.45) is 2.40. The second-order valence-electron chi connectivity index (χ2n) is 4.00. The van der Waals surface area contributed by atoms with Crippen LogP contribution >= 0.6 is 11.3 Å². The lowest BCUT2D eigenvalue weighted by molar-refractivity contribution is 0.0259. The number of furan rings is 1. The maximum atomic E-state index is 5.90. The predicted octanol–water partition coefficient (Wildman–Crippen LogP) is 2.99. The van der Waals surface area contributed by atoms with Gasteiger partial charge in [-0.15, -0.1) is 11.3 Å². The Morgan fingerprint density at radius 1 is 1.41 bits per heavy atom. The van der Waals surface area contributed by atoms with Gasteiger partial charge in [-0.2, -0.15) is 0 Å². The average Bonchev–Trinajstić information content (AvgIpc) is 2.96. The molecule has 0 radical (unpaired) electrons. The van der Waals surface area contributed by atoms with Crippen LogP contribution in [0, 0.1) is 0 Å². The molecular weight excluding hydrogens is 234 g/mol. The average molecular weight is 251 g/mol. The van der Waals surface area contributed by atoms with Crippen molar-refractivity contribution in [3.8, 4) is 0 Å². The van der Waals surface area contributed by atoms with Crippen molar-refractivity contribution in [1.82, 2.24) is 0 Å². The lowest BCUT2D eigenvalue weighted by Gasteiger charge is -2.19. The molecular formula is C13H17NO2S. The molecule has 0 aliphatic heterocycles. The molecule has 17 heavy (non-hydrogen) atoms. The maximum Gasteiger partial charge on any atom is 0.134 e. The fourth-order valence-electron chi connectivity index (χ4n) is 1.69. The Hall–Kier alpha value is -1.10. The van der Waals surface area contributed by atoms with Gasteiger partial charge in [-0.25, -0.2) is 0 Å². The standard InChI is InChI=1S/C13H17NO2S/c1-10(14)13(12-5-2-7-15-12)16-8-6-11-4-3-9-17-11/h2-5,7,9-10,13H,6,8,14H2,1H3. The van der Waals surface area contributed by atoms with E-state index in [0.717, 1.165) is 12.2 Å². The van der Waals surface area contributed by atoms with Gasteiger partial charge in [0, 0.05) is 17.3 Å². The number of thiophene rings is 1. The number of hydrogen-bond donors (Lipinski definition) is 1. The number of ether oxygens (including phenoxy) is 1. The number of nitrogens with two attached hydrogens (primary N) is 1. The molecule has 2 rings (SSSR count). The van der Waals surface area contributed by atoms with Crippen LogP contribution in [0.4, 0.5) is 0 Å². The van der Waals surface area contributed by atoms with Crippen molar-refractivity contribution in [2.45, 2.75) is 25.5 Å². The molecule has 0 fully saturated rings. The Morgan fingerprint density at radius 2 is 2.29 bits per heavy atom. The second-order valence-corrected chi connectivity index (χ2v) is 5.03. The highest BCUT2D eigenvalue weighted by molar-refractivity contribution is 7.09. The summed E-state index contributed by atoms with van der Waals surface area (Å²) in [4.78, 5) is 1.33. The first kappa shape index (κ1) is 12.4. The van der Waals surface area contributed by atoms with E-state index in [9.17, 15) is 0 Å². The molecule has 2 unspecified atom stereocenters. The molecule has 4 heteroatoms. The first-order valence-corrected chi connectivity index (χ1v) is 6.58. The van der Waals surface area contributed by atoms with Crippen LogP contribution in [0.2, 0.25) is 0 Å². The summed E-state index contributed by atoms with van der Waals surface area (Å²) in [6.45, 7) is 2.59. The lowest BCUT2D eigenvalue weighted by Crippen LogP contribution is -2.27. The van der Waals surface area contributed by atoms with Crippen LogP contribution in [0.3, 0.4) is 0 Å². The third-order valence-electron chi connectivity index (χ3n) is 2.53. The first-order chi connectivity index (χ1) is 8.27. The molecule has 0 saturated carbocycles. The predicted molar refractivity (Wildman–Crippen MR) is 69.1 cm³/mol. The molecule has 0 bridgehead atoms. The van der Waals surface area contributed by atoms with Crippen LogP contribution in [0.1, 0.15) is 23.7 Å². The SMILES string of the molecule is CC(N)C(OCCc1cccs1)c1ccco1. The summed E-state index contributed by atoms with van der Waals surface area (Å²) in [5.41, 5.74) is 5.90. The van der Waals surface area contributed by atoms with Crippen molar-refractivity contribution in [2.24, 2.45) is 5.73 Å². The highest BCUT2D eigenvalue weighted by atomic mass is 32.1. The molecule has 0 aliphatic carbocycles. The van der Waals surface area contributed by atoms with E-state index in [1.165, 1.54) is 4.88 Å². The van der Waals surface area contributed by atoms with E-state index < -0.39 is 0 Å². The quantitative estimate of drug-likeness (QED) is 0.858. The molecule has 0 spiro atoms. The van der Waals surface area contributed by atoms with Gasteiger partial charge in [0.15, 0.2) is 0 Å². The minimum atomic E-state index is -0.162. The fraction of sp³-hybridized carbons (Fsp3) is 0.385. The van der Waals surface area contributed by atoms with Gasteiger partial charge in [0.1, 0.15) is 11.9 Å². The van der Waals surface area contributed by atoms with E-state index in [0.29, 0.717) is 6.61 Å². The minimum absolute atomic E-state index is 0.0792. The van der Waals surface area contributed by atoms with Crippen molar-refractivity contribution in [1.29, 1.82) is 0 Å². The third kappa shape index (κ3) is 3.43. The van der Waals surface area contributed by atoms with Crippen molar-refractivity contribution in [3.05, 3.63) is 46.5 Å². The second kappa shape index (κ2) is 6.00. The molecule has 2 atom stereocenters. The fourth-order valence-corrected chi connectivity index (χ4v) is 2.38. The molecule has 0 aromatic carbocycles. The molecule has 0 saturated heterocycles. The van der Waals surface area contributed by atoms with Gasteiger partial charge in [-0.05, 0) is 30.5 Å². The van der Waals surface area contributed by atoms with Gasteiger partial charge in [0.05, 0.1) is 12.9 Å². The van der Waals surface area contributed by atoms with Gasteiger partial charge in [0.25, 0.3) is 0 Å². The van der Waals surface area contributed by atoms with Crippen molar-refractivity contribution in [2.75, 3.05) is 6.61 Å². The van der Waals surface area contributed by atoms with E-state index in [4.69, 9.17) is 14.9 Å². The third-order valence-corrected chi connectivity index (χ3v) is 3.46. The summed E-state index contributed by atoms with van der Waals surface area (Å²) >= 11 is 1.75. The van der Waals surface area contributed by atoms with E-state index in [1.54, 1.807) is 17.6 Å². The van der Waals surface area contributed by atoms with E-state index >= 15 is 0 Å². The zero-order valence-electron chi connectivity index (χ0n) is 9.84. The normalized spacial score (nSPS) is 14.7. The Labute approximate surface area is 105 Å². The lowest BCUT2D eigenvalue weighted by atomic mass is 10.1. The van der Waals surface area contributed by atoms with Gasteiger partial charge in [-0.3, -0.25) is 0 Å². The Balaban J connectivity index is 1.86.